The molecule has 3 rings (SSSR count). The number of anilines is 1. The predicted octanol–water partition coefficient (Wildman–Crippen LogP) is 5.67. The molecule has 0 fully saturated rings. The third-order valence-electron chi connectivity index (χ3n) is 3.96. The quantitative estimate of drug-likeness (QED) is 0.361. The Bertz CT molecular complexity index is 956. The molecule has 0 aliphatic heterocycles. The first-order valence-electron chi connectivity index (χ1n) is 9.70. The van der Waals surface area contributed by atoms with Gasteiger partial charge >= 0.3 is 6.01 Å². The van der Waals surface area contributed by atoms with Crippen molar-refractivity contribution in [3.05, 3.63) is 54.1 Å². The number of thioether (sulfide) groups is 1. The number of benzene rings is 2. The molecule has 0 bridgehead atoms. The number of hydrogen-bond acceptors (Lipinski definition) is 6. The lowest BCUT2D eigenvalue weighted by atomic mass is 10.2. The molecular formula is C22H25N3O3S. The van der Waals surface area contributed by atoms with Gasteiger partial charge in [-0.3, -0.25) is 10.1 Å². The topological polar surface area (TPSA) is 77.2 Å². The molecule has 7 heteroatoms. The van der Waals surface area contributed by atoms with Gasteiger partial charge in [0.2, 0.25) is 5.89 Å². The van der Waals surface area contributed by atoms with Crippen LogP contribution in [0.2, 0.25) is 0 Å². The molecule has 0 atom stereocenters. The molecular weight excluding hydrogens is 386 g/mol. The highest BCUT2D eigenvalue weighted by atomic mass is 32.2. The van der Waals surface area contributed by atoms with Crippen LogP contribution >= 0.6 is 11.8 Å². The highest BCUT2D eigenvalue weighted by Gasteiger charge is 2.14. The summed E-state index contributed by atoms with van der Waals surface area (Å²) >= 11 is 1.76. The van der Waals surface area contributed by atoms with Gasteiger partial charge in [-0.25, -0.2) is 0 Å². The summed E-state index contributed by atoms with van der Waals surface area (Å²) in [4.78, 5) is 13.6. The van der Waals surface area contributed by atoms with Crippen molar-refractivity contribution < 1.29 is 13.9 Å². The van der Waals surface area contributed by atoms with Crippen molar-refractivity contribution in [1.29, 1.82) is 0 Å². The standard InChI is InChI=1S/C22H25N3O3S/c1-4-5-12-27-18-10-6-8-16(13-18)20(26)23-22-25-24-21(28-22)17-9-7-11-19(14-17)29-15(2)3/h6-11,13-15H,4-5,12H2,1-3H3,(H,23,25,26). The maximum absolute atomic E-state index is 12.5. The summed E-state index contributed by atoms with van der Waals surface area (Å²) in [7, 11) is 0. The van der Waals surface area contributed by atoms with Crippen molar-refractivity contribution in [3.63, 3.8) is 0 Å². The van der Waals surface area contributed by atoms with E-state index < -0.39 is 0 Å². The Hall–Kier alpha value is -2.80. The van der Waals surface area contributed by atoms with Crippen molar-refractivity contribution in [1.82, 2.24) is 10.2 Å². The van der Waals surface area contributed by atoms with Crippen LogP contribution in [0.4, 0.5) is 6.01 Å². The van der Waals surface area contributed by atoms with E-state index in [4.69, 9.17) is 9.15 Å². The van der Waals surface area contributed by atoms with E-state index in [0.29, 0.717) is 29.1 Å². The summed E-state index contributed by atoms with van der Waals surface area (Å²) in [6.07, 6.45) is 2.02. The molecule has 1 amide bonds. The smallest absolute Gasteiger partial charge is 0.322 e. The molecule has 0 radical (unpaired) electrons. The van der Waals surface area contributed by atoms with E-state index in [2.05, 4.69) is 36.3 Å². The van der Waals surface area contributed by atoms with Crippen molar-refractivity contribution in [2.75, 3.05) is 11.9 Å². The van der Waals surface area contributed by atoms with Gasteiger partial charge in [0.15, 0.2) is 0 Å². The van der Waals surface area contributed by atoms with Crippen molar-refractivity contribution >= 4 is 23.7 Å². The van der Waals surface area contributed by atoms with Crippen LogP contribution in [0.3, 0.4) is 0 Å². The average molecular weight is 412 g/mol. The molecule has 0 spiro atoms. The number of unbranched alkanes of at least 4 members (excludes halogenated alkanes) is 1. The van der Waals surface area contributed by atoms with Crippen LogP contribution in [0, 0.1) is 0 Å². The lowest BCUT2D eigenvalue weighted by Gasteiger charge is -2.07. The van der Waals surface area contributed by atoms with Gasteiger partial charge in [-0.2, -0.15) is 0 Å². The maximum Gasteiger partial charge on any atom is 0.322 e. The van der Waals surface area contributed by atoms with Crippen LogP contribution in [-0.2, 0) is 0 Å². The lowest BCUT2D eigenvalue weighted by Crippen LogP contribution is -2.12. The van der Waals surface area contributed by atoms with E-state index in [1.807, 2.05) is 30.3 Å². The number of nitrogens with zero attached hydrogens (tertiary/aromatic N) is 2. The number of amides is 1. The second-order valence-corrected chi connectivity index (χ2v) is 8.44. The number of rotatable bonds is 9. The Labute approximate surface area is 175 Å². The first-order chi connectivity index (χ1) is 14.0. The minimum absolute atomic E-state index is 0.0595. The van der Waals surface area contributed by atoms with Gasteiger partial charge in [-0.1, -0.05) is 44.4 Å². The first-order valence-corrected chi connectivity index (χ1v) is 10.6. The Morgan fingerprint density at radius 1 is 1.17 bits per heavy atom. The summed E-state index contributed by atoms with van der Waals surface area (Å²) in [6, 6.07) is 15.0. The van der Waals surface area contributed by atoms with E-state index in [-0.39, 0.29) is 11.9 Å². The van der Waals surface area contributed by atoms with Gasteiger partial charge in [0.05, 0.1) is 6.61 Å². The number of hydrogen-bond donors (Lipinski definition) is 1. The van der Waals surface area contributed by atoms with Crippen LogP contribution in [0.5, 0.6) is 5.75 Å². The molecule has 2 aromatic carbocycles. The molecule has 1 N–H and O–H groups in total. The number of carbonyl (C=O) groups is 1. The molecule has 0 saturated heterocycles. The summed E-state index contributed by atoms with van der Waals surface area (Å²) in [5.41, 5.74) is 1.28. The Morgan fingerprint density at radius 2 is 2.00 bits per heavy atom. The largest absolute Gasteiger partial charge is 0.494 e. The zero-order valence-corrected chi connectivity index (χ0v) is 17.7. The number of nitrogens with one attached hydrogen (secondary N) is 1. The summed E-state index contributed by atoms with van der Waals surface area (Å²) in [5.74, 6) is 0.699. The van der Waals surface area contributed by atoms with Gasteiger partial charge in [-0.05, 0) is 42.8 Å². The average Bonchev–Trinajstić information content (AvgIpc) is 3.17. The second kappa shape index (κ2) is 10.1. The van der Waals surface area contributed by atoms with Crippen LogP contribution in [0.15, 0.2) is 57.8 Å². The highest BCUT2D eigenvalue weighted by Crippen LogP contribution is 2.28. The summed E-state index contributed by atoms with van der Waals surface area (Å²) in [5, 5.41) is 11.1. The first kappa shape index (κ1) is 20.9. The third-order valence-corrected chi connectivity index (χ3v) is 4.96. The molecule has 3 aromatic rings. The van der Waals surface area contributed by atoms with Crippen molar-refractivity contribution in [3.8, 4) is 17.2 Å². The van der Waals surface area contributed by atoms with Gasteiger partial charge in [0.25, 0.3) is 5.91 Å². The van der Waals surface area contributed by atoms with Crippen LogP contribution < -0.4 is 10.1 Å². The second-order valence-electron chi connectivity index (χ2n) is 6.79. The SMILES string of the molecule is CCCCOc1cccc(C(=O)Nc2nnc(-c3cccc(SC(C)C)c3)o2)c1. The van der Waals surface area contributed by atoms with Gasteiger partial charge in [-0.15, -0.1) is 16.9 Å². The lowest BCUT2D eigenvalue weighted by molar-refractivity contribution is 0.102. The molecule has 152 valence electrons. The molecule has 0 unspecified atom stereocenters. The molecule has 6 nitrogen and oxygen atoms in total. The molecule has 0 saturated carbocycles. The summed E-state index contributed by atoms with van der Waals surface area (Å²) in [6.45, 7) is 7.01. The minimum atomic E-state index is -0.328. The Kier molecular flexibility index (Phi) is 7.30. The number of aromatic nitrogens is 2. The van der Waals surface area contributed by atoms with Crippen molar-refractivity contribution in [2.24, 2.45) is 0 Å². The van der Waals surface area contributed by atoms with E-state index in [1.54, 1.807) is 30.0 Å². The number of ether oxygens (including phenoxy) is 1. The summed E-state index contributed by atoms with van der Waals surface area (Å²) < 4.78 is 11.3. The predicted molar refractivity (Wildman–Crippen MR) is 116 cm³/mol. The Morgan fingerprint density at radius 3 is 2.79 bits per heavy atom. The van der Waals surface area contributed by atoms with Crippen LogP contribution in [0.25, 0.3) is 11.5 Å². The number of carbonyl (C=O) groups excluding carboxylic acids is 1. The highest BCUT2D eigenvalue weighted by molar-refractivity contribution is 7.99. The molecule has 29 heavy (non-hydrogen) atoms. The van der Waals surface area contributed by atoms with Gasteiger partial charge in [0, 0.05) is 21.3 Å². The zero-order valence-electron chi connectivity index (χ0n) is 16.8. The molecule has 0 aliphatic carbocycles. The van der Waals surface area contributed by atoms with Gasteiger partial charge < -0.3 is 9.15 Å². The Balaban J connectivity index is 1.67. The molecule has 0 aliphatic rings. The fourth-order valence-electron chi connectivity index (χ4n) is 2.60. The van der Waals surface area contributed by atoms with Gasteiger partial charge in [0.1, 0.15) is 5.75 Å². The molecule has 1 aromatic heterocycles. The van der Waals surface area contributed by atoms with E-state index in [9.17, 15) is 4.79 Å². The van der Waals surface area contributed by atoms with Crippen LogP contribution in [0.1, 0.15) is 44.0 Å². The fraction of sp³-hybridized carbons (Fsp3) is 0.318. The minimum Gasteiger partial charge on any atom is -0.494 e. The molecule has 1 heterocycles. The van der Waals surface area contributed by atoms with E-state index in [1.165, 1.54) is 0 Å². The zero-order chi connectivity index (χ0) is 20.6. The van der Waals surface area contributed by atoms with Crippen LogP contribution in [-0.4, -0.2) is 28.0 Å². The normalized spacial score (nSPS) is 10.9. The third kappa shape index (κ3) is 6.09. The monoisotopic (exact) mass is 411 g/mol. The van der Waals surface area contributed by atoms with E-state index >= 15 is 0 Å². The fourth-order valence-corrected chi connectivity index (χ4v) is 3.49. The maximum atomic E-state index is 12.5. The van der Waals surface area contributed by atoms with E-state index in [0.717, 1.165) is 23.3 Å². The van der Waals surface area contributed by atoms with Crippen molar-refractivity contribution in [2.45, 2.75) is 43.8 Å².